The fourth-order valence-electron chi connectivity index (χ4n) is 5.92. The van der Waals surface area contributed by atoms with Crippen molar-refractivity contribution in [1.82, 2.24) is 35.1 Å². The van der Waals surface area contributed by atoms with Gasteiger partial charge >= 0.3 is 0 Å². The van der Waals surface area contributed by atoms with Gasteiger partial charge in [0.2, 0.25) is 0 Å². The second kappa shape index (κ2) is 10.2. The van der Waals surface area contributed by atoms with Gasteiger partial charge in [0.1, 0.15) is 11.6 Å². The van der Waals surface area contributed by atoms with Gasteiger partial charge in [-0.3, -0.25) is 9.88 Å². The molecule has 7 nitrogen and oxygen atoms in total. The van der Waals surface area contributed by atoms with E-state index in [9.17, 15) is 0 Å². The van der Waals surface area contributed by atoms with Gasteiger partial charge in [0.05, 0.1) is 35.9 Å². The number of para-hydroxylation sites is 2. The number of hydrogen-bond acceptors (Lipinski definition) is 6. The summed E-state index contributed by atoms with van der Waals surface area (Å²) >= 11 is 0. The zero-order valence-corrected chi connectivity index (χ0v) is 20.1. The van der Waals surface area contributed by atoms with Crippen LogP contribution in [0.25, 0.3) is 11.0 Å². The number of fused-ring (bicyclic) bond motifs is 2. The first-order valence-electron chi connectivity index (χ1n) is 13.0. The summed E-state index contributed by atoms with van der Waals surface area (Å²) in [4.78, 5) is 24.8. The first-order valence-corrected chi connectivity index (χ1v) is 13.0. The maximum Gasteiger partial charge on any atom is 0.141 e. The van der Waals surface area contributed by atoms with Crippen LogP contribution in [0.5, 0.6) is 0 Å². The number of nitrogens with zero attached hydrogens (tertiary/aromatic N) is 5. The SMILES string of the molecule is c1cnc(CN[C@H]2CC[C@H](N(Cc3nc4ccccc4[nH]3)C3CCCc4cccnc43)CC2)nc1. The molecule has 1 aromatic carbocycles. The lowest BCUT2D eigenvalue weighted by molar-refractivity contribution is 0.0728. The van der Waals surface area contributed by atoms with E-state index in [1.807, 2.05) is 24.7 Å². The molecule has 0 spiro atoms. The minimum atomic E-state index is 0.348. The van der Waals surface area contributed by atoms with Crippen molar-refractivity contribution in [3.8, 4) is 0 Å². The highest BCUT2D eigenvalue weighted by Gasteiger charge is 2.34. The highest BCUT2D eigenvalue weighted by molar-refractivity contribution is 5.74. The predicted octanol–water partition coefficient (Wildman–Crippen LogP) is 4.73. The number of benzene rings is 1. The molecule has 0 radical (unpaired) electrons. The number of aromatic amines is 1. The van der Waals surface area contributed by atoms with Gasteiger partial charge in [-0.2, -0.15) is 0 Å². The summed E-state index contributed by atoms with van der Waals surface area (Å²) in [7, 11) is 0. The van der Waals surface area contributed by atoms with Crippen molar-refractivity contribution in [3.05, 3.63) is 84.0 Å². The van der Waals surface area contributed by atoms with Gasteiger partial charge in [0.25, 0.3) is 0 Å². The Balaban J connectivity index is 1.20. The molecule has 0 aliphatic heterocycles. The molecule has 7 heteroatoms. The Hall–Kier alpha value is -3.16. The van der Waals surface area contributed by atoms with Crippen LogP contribution in [0.2, 0.25) is 0 Å². The molecular weight excluding hydrogens is 434 g/mol. The first kappa shape index (κ1) is 22.3. The van der Waals surface area contributed by atoms with Gasteiger partial charge in [-0.05, 0) is 74.8 Å². The Morgan fingerprint density at radius 3 is 2.57 bits per heavy atom. The van der Waals surface area contributed by atoms with Crippen molar-refractivity contribution in [2.75, 3.05) is 0 Å². The highest BCUT2D eigenvalue weighted by Crippen LogP contribution is 2.38. The zero-order valence-electron chi connectivity index (χ0n) is 20.1. The largest absolute Gasteiger partial charge is 0.341 e. The van der Waals surface area contributed by atoms with E-state index in [0.717, 1.165) is 61.5 Å². The lowest BCUT2D eigenvalue weighted by Gasteiger charge is -2.42. The highest BCUT2D eigenvalue weighted by atomic mass is 15.2. The number of pyridine rings is 1. The monoisotopic (exact) mass is 467 g/mol. The minimum Gasteiger partial charge on any atom is -0.341 e. The molecule has 2 aliphatic carbocycles. The summed E-state index contributed by atoms with van der Waals surface area (Å²) < 4.78 is 0. The summed E-state index contributed by atoms with van der Waals surface area (Å²) in [5.41, 5.74) is 4.84. The van der Waals surface area contributed by atoms with E-state index in [0.29, 0.717) is 18.1 Å². The Kier molecular flexibility index (Phi) is 6.51. The average molecular weight is 468 g/mol. The Labute approximate surface area is 206 Å². The molecule has 35 heavy (non-hydrogen) atoms. The van der Waals surface area contributed by atoms with Crippen molar-refractivity contribution >= 4 is 11.0 Å². The van der Waals surface area contributed by atoms with Gasteiger partial charge in [-0.1, -0.05) is 18.2 Å². The lowest BCUT2D eigenvalue weighted by Crippen LogP contribution is -2.44. The quantitative estimate of drug-likeness (QED) is 0.409. The molecule has 0 saturated heterocycles. The van der Waals surface area contributed by atoms with Crippen LogP contribution < -0.4 is 5.32 Å². The third kappa shape index (κ3) is 4.97. The van der Waals surface area contributed by atoms with E-state index in [4.69, 9.17) is 9.97 Å². The van der Waals surface area contributed by atoms with Gasteiger partial charge < -0.3 is 10.3 Å². The zero-order chi connectivity index (χ0) is 23.5. The molecular formula is C28H33N7. The summed E-state index contributed by atoms with van der Waals surface area (Å²) in [5, 5.41) is 3.69. The van der Waals surface area contributed by atoms with Crippen LogP contribution in [0, 0.1) is 0 Å². The number of aromatic nitrogens is 5. The van der Waals surface area contributed by atoms with Gasteiger partial charge in [0, 0.05) is 30.7 Å². The van der Waals surface area contributed by atoms with Crippen LogP contribution in [0.1, 0.15) is 67.5 Å². The Morgan fingerprint density at radius 2 is 1.71 bits per heavy atom. The molecule has 3 heterocycles. The van der Waals surface area contributed by atoms with E-state index >= 15 is 0 Å². The topological polar surface area (TPSA) is 82.6 Å². The van der Waals surface area contributed by atoms with E-state index < -0.39 is 0 Å². The molecule has 6 rings (SSSR count). The lowest BCUT2D eigenvalue weighted by atomic mass is 9.85. The molecule has 0 bridgehead atoms. The van der Waals surface area contributed by atoms with Crippen molar-refractivity contribution in [2.45, 2.75) is 76.2 Å². The second-order valence-corrected chi connectivity index (χ2v) is 9.88. The molecule has 4 aromatic rings. The van der Waals surface area contributed by atoms with Gasteiger partial charge in [-0.25, -0.2) is 15.0 Å². The van der Waals surface area contributed by atoms with E-state index in [2.05, 4.69) is 61.6 Å². The van der Waals surface area contributed by atoms with Crippen LogP contribution in [0.4, 0.5) is 0 Å². The second-order valence-electron chi connectivity index (χ2n) is 9.88. The average Bonchev–Trinajstić information content (AvgIpc) is 3.34. The molecule has 1 atom stereocenters. The van der Waals surface area contributed by atoms with Crippen molar-refractivity contribution < 1.29 is 0 Å². The standard InChI is InChI=1S/C28H33N7/c1-2-9-24-23(8-1)33-27(34-24)19-35(25-10-3-6-20-7-4-15-31-28(20)25)22-13-11-21(12-14-22)32-18-26-29-16-5-17-30-26/h1-2,4-5,7-9,15-17,21-22,25,32H,3,6,10-14,18-19H2,(H,33,34)/t21-,22-,25?. The maximum atomic E-state index is 4.93. The van der Waals surface area contributed by atoms with Crippen molar-refractivity contribution in [3.63, 3.8) is 0 Å². The molecule has 180 valence electrons. The van der Waals surface area contributed by atoms with Crippen LogP contribution in [-0.2, 0) is 19.5 Å². The van der Waals surface area contributed by atoms with Crippen LogP contribution in [0.15, 0.2) is 61.1 Å². The molecule has 2 aliphatic rings. The number of hydrogen-bond donors (Lipinski definition) is 2. The normalized spacial score (nSPS) is 22.4. The Morgan fingerprint density at radius 1 is 0.886 bits per heavy atom. The summed E-state index contributed by atoms with van der Waals surface area (Å²) in [6.07, 6.45) is 13.8. The maximum absolute atomic E-state index is 4.93. The number of rotatable bonds is 7. The Bertz CT molecular complexity index is 1210. The molecule has 3 aromatic heterocycles. The molecule has 1 unspecified atom stereocenters. The third-order valence-corrected chi connectivity index (χ3v) is 7.67. The third-order valence-electron chi connectivity index (χ3n) is 7.67. The van der Waals surface area contributed by atoms with Crippen LogP contribution in [-0.4, -0.2) is 41.9 Å². The minimum absolute atomic E-state index is 0.348. The molecule has 1 saturated carbocycles. The number of H-pyrrole nitrogens is 1. The van der Waals surface area contributed by atoms with Gasteiger partial charge in [-0.15, -0.1) is 0 Å². The van der Waals surface area contributed by atoms with E-state index in [1.165, 1.54) is 30.5 Å². The van der Waals surface area contributed by atoms with Gasteiger partial charge in [0.15, 0.2) is 0 Å². The van der Waals surface area contributed by atoms with Crippen molar-refractivity contribution in [2.24, 2.45) is 0 Å². The number of aryl methyl sites for hydroxylation is 1. The molecule has 2 N–H and O–H groups in total. The molecule has 1 fully saturated rings. The summed E-state index contributed by atoms with van der Waals surface area (Å²) in [5.74, 6) is 1.92. The summed E-state index contributed by atoms with van der Waals surface area (Å²) in [6, 6.07) is 15.9. The van der Waals surface area contributed by atoms with E-state index in [1.54, 1.807) is 0 Å². The summed E-state index contributed by atoms with van der Waals surface area (Å²) in [6.45, 7) is 1.56. The van der Waals surface area contributed by atoms with Crippen LogP contribution >= 0.6 is 0 Å². The van der Waals surface area contributed by atoms with Crippen LogP contribution in [0.3, 0.4) is 0 Å². The number of nitrogens with one attached hydrogen (secondary N) is 2. The van der Waals surface area contributed by atoms with E-state index in [-0.39, 0.29) is 0 Å². The smallest absolute Gasteiger partial charge is 0.141 e. The molecule has 0 amide bonds. The number of imidazole rings is 1. The predicted molar refractivity (Wildman–Crippen MR) is 136 cm³/mol. The van der Waals surface area contributed by atoms with Crippen molar-refractivity contribution in [1.29, 1.82) is 0 Å². The fraction of sp³-hybridized carbons (Fsp3) is 0.429. The fourth-order valence-corrected chi connectivity index (χ4v) is 5.92. The first-order chi connectivity index (χ1) is 17.3.